The Labute approximate surface area is 99.0 Å². The van der Waals surface area contributed by atoms with Crippen LogP contribution in [0.2, 0.25) is 0 Å². The molecule has 0 unspecified atom stereocenters. The van der Waals surface area contributed by atoms with Crippen molar-refractivity contribution in [1.82, 2.24) is 9.97 Å². The highest BCUT2D eigenvalue weighted by atomic mass is 16.6. The van der Waals surface area contributed by atoms with Gasteiger partial charge in [0, 0.05) is 12.4 Å². The van der Waals surface area contributed by atoms with E-state index in [1.54, 1.807) is 20.8 Å². The van der Waals surface area contributed by atoms with Crippen molar-refractivity contribution in [3.8, 4) is 0 Å². The highest BCUT2D eigenvalue weighted by Gasteiger charge is 2.32. The predicted molar refractivity (Wildman–Crippen MR) is 57.9 cm³/mol. The third kappa shape index (κ3) is 2.99. The number of aryl methyl sites for hydroxylation is 1. The van der Waals surface area contributed by atoms with Crippen molar-refractivity contribution < 1.29 is 19.1 Å². The molecule has 6 nitrogen and oxygen atoms in total. The van der Waals surface area contributed by atoms with E-state index in [0.29, 0.717) is 11.4 Å². The Bertz CT molecular complexity index is 443. The Morgan fingerprint density at radius 3 is 2.29 bits per heavy atom. The highest BCUT2D eigenvalue weighted by molar-refractivity contribution is 6.29. The number of nitrogens with zero attached hydrogens (tertiary/aromatic N) is 2. The Hall–Kier alpha value is -1.98. The summed E-state index contributed by atoms with van der Waals surface area (Å²) in [5, 5.41) is 0. The van der Waals surface area contributed by atoms with Crippen LogP contribution in [0.3, 0.4) is 0 Å². The van der Waals surface area contributed by atoms with Gasteiger partial charge in [-0.15, -0.1) is 0 Å². The van der Waals surface area contributed by atoms with Crippen molar-refractivity contribution in [1.29, 1.82) is 0 Å². The minimum Gasteiger partial charge on any atom is -0.461 e. The summed E-state index contributed by atoms with van der Waals surface area (Å²) in [6, 6.07) is 0. The van der Waals surface area contributed by atoms with Gasteiger partial charge in [-0.05, 0) is 20.8 Å². The molecular weight excluding hydrogens is 224 g/mol. The van der Waals surface area contributed by atoms with Crippen LogP contribution < -0.4 is 0 Å². The molecule has 0 bridgehead atoms. The van der Waals surface area contributed by atoms with Gasteiger partial charge >= 0.3 is 11.9 Å². The summed E-state index contributed by atoms with van der Waals surface area (Å²) in [7, 11) is 1.12. The van der Waals surface area contributed by atoms with Crippen LogP contribution in [0.1, 0.15) is 25.2 Å². The standard InChI is InChI=1S/C11H14N2O4/c1-7-8(13-6-5-12-7)11(2,3)17-10(15)9(14)16-4/h5-6H,1-4H3. The fourth-order valence-electron chi connectivity index (χ4n) is 1.40. The molecule has 0 fully saturated rings. The molecule has 17 heavy (non-hydrogen) atoms. The Balaban J connectivity index is 2.93. The second-order valence-electron chi connectivity index (χ2n) is 3.88. The SMILES string of the molecule is COC(=O)C(=O)OC(C)(C)c1nccnc1C. The third-order valence-electron chi connectivity index (χ3n) is 2.15. The molecule has 0 aromatic carbocycles. The van der Waals surface area contributed by atoms with E-state index in [4.69, 9.17) is 4.74 Å². The molecule has 92 valence electrons. The number of carbonyl (C=O) groups excluding carboxylic acids is 2. The molecule has 0 atom stereocenters. The van der Waals surface area contributed by atoms with Gasteiger partial charge in [0.1, 0.15) is 5.69 Å². The summed E-state index contributed by atoms with van der Waals surface area (Å²) in [5.41, 5.74) is 0.0938. The van der Waals surface area contributed by atoms with E-state index in [0.717, 1.165) is 7.11 Å². The first-order chi connectivity index (χ1) is 7.88. The minimum atomic E-state index is -1.05. The fraction of sp³-hybridized carbons (Fsp3) is 0.455. The van der Waals surface area contributed by atoms with Crippen LogP contribution in [0.15, 0.2) is 12.4 Å². The van der Waals surface area contributed by atoms with Crippen LogP contribution in [0.4, 0.5) is 0 Å². The van der Waals surface area contributed by atoms with E-state index in [1.165, 1.54) is 12.4 Å². The summed E-state index contributed by atoms with van der Waals surface area (Å²) in [4.78, 5) is 30.4. The van der Waals surface area contributed by atoms with Crippen molar-refractivity contribution in [2.24, 2.45) is 0 Å². The van der Waals surface area contributed by atoms with Gasteiger partial charge in [0.15, 0.2) is 5.60 Å². The van der Waals surface area contributed by atoms with Gasteiger partial charge in [0.2, 0.25) is 0 Å². The number of aromatic nitrogens is 2. The Kier molecular flexibility index (Phi) is 3.77. The van der Waals surface area contributed by atoms with Crippen LogP contribution >= 0.6 is 0 Å². The van der Waals surface area contributed by atoms with E-state index >= 15 is 0 Å². The Morgan fingerprint density at radius 1 is 1.18 bits per heavy atom. The maximum atomic E-state index is 11.3. The molecule has 0 aliphatic heterocycles. The predicted octanol–water partition coefficient (Wildman–Crippen LogP) is 0.736. The molecule has 6 heteroatoms. The van der Waals surface area contributed by atoms with E-state index < -0.39 is 17.5 Å². The normalized spacial score (nSPS) is 10.8. The number of carbonyl (C=O) groups is 2. The van der Waals surface area contributed by atoms with Gasteiger partial charge in [-0.25, -0.2) is 9.59 Å². The maximum Gasteiger partial charge on any atom is 0.418 e. The molecule has 0 spiro atoms. The van der Waals surface area contributed by atoms with Gasteiger partial charge in [-0.3, -0.25) is 9.97 Å². The lowest BCUT2D eigenvalue weighted by atomic mass is 10.0. The highest BCUT2D eigenvalue weighted by Crippen LogP contribution is 2.24. The lowest BCUT2D eigenvalue weighted by Crippen LogP contribution is -2.32. The number of hydrogen-bond donors (Lipinski definition) is 0. The van der Waals surface area contributed by atoms with Crippen LogP contribution in [0.25, 0.3) is 0 Å². The molecule has 1 aromatic rings. The molecule has 0 saturated carbocycles. The smallest absolute Gasteiger partial charge is 0.418 e. The molecule has 0 aliphatic rings. The quantitative estimate of drug-likeness (QED) is 0.558. The molecule has 1 heterocycles. The molecule has 0 radical (unpaired) electrons. The monoisotopic (exact) mass is 238 g/mol. The maximum absolute atomic E-state index is 11.3. The number of ether oxygens (including phenoxy) is 2. The van der Waals surface area contributed by atoms with Crippen LogP contribution in [-0.2, 0) is 24.7 Å². The first-order valence-electron chi connectivity index (χ1n) is 4.98. The summed E-state index contributed by atoms with van der Waals surface area (Å²) in [6.45, 7) is 5.01. The summed E-state index contributed by atoms with van der Waals surface area (Å²) < 4.78 is 9.32. The molecule has 0 amide bonds. The molecule has 1 aromatic heterocycles. The zero-order valence-electron chi connectivity index (χ0n) is 10.2. The summed E-state index contributed by atoms with van der Waals surface area (Å²) in [5.74, 6) is -2.10. The number of esters is 2. The van der Waals surface area contributed by atoms with E-state index in [2.05, 4.69) is 14.7 Å². The number of rotatable bonds is 2. The lowest BCUT2D eigenvalue weighted by molar-refractivity contribution is -0.175. The largest absolute Gasteiger partial charge is 0.461 e. The van der Waals surface area contributed by atoms with Crippen LogP contribution in [0.5, 0.6) is 0 Å². The molecule has 0 saturated heterocycles. The van der Waals surface area contributed by atoms with E-state index in [-0.39, 0.29) is 0 Å². The van der Waals surface area contributed by atoms with Crippen LogP contribution in [-0.4, -0.2) is 29.0 Å². The van der Waals surface area contributed by atoms with Gasteiger partial charge in [-0.1, -0.05) is 0 Å². The van der Waals surface area contributed by atoms with E-state index in [1.807, 2.05) is 0 Å². The molecule has 0 aliphatic carbocycles. The van der Waals surface area contributed by atoms with Gasteiger partial charge in [0.05, 0.1) is 12.8 Å². The summed E-state index contributed by atoms with van der Waals surface area (Å²) >= 11 is 0. The molecule has 1 rings (SSSR count). The second kappa shape index (κ2) is 4.90. The van der Waals surface area contributed by atoms with Crippen molar-refractivity contribution >= 4 is 11.9 Å². The van der Waals surface area contributed by atoms with Crippen molar-refractivity contribution in [2.45, 2.75) is 26.4 Å². The third-order valence-corrected chi connectivity index (χ3v) is 2.15. The number of hydrogen-bond acceptors (Lipinski definition) is 6. The zero-order chi connectivity index (χ0) is 13.1. The van der Waals surface area contributed by atoms with Gasteiger partial charge in [0.25, 0.3) is 0 Å². The molecular formula is C11H14N2O4. The Morgan fingerprint density at radius 2 is 1.76 bits per heavy atom. The average molecular weight is 238 g/mol. The first-order valence-corrected chi connectivity index (χ1v) is 4.98. The van der Waals surface area contributed by atoms with Crippen molar-refractivity contribution in [3.05, 3.63) is 23.8 Å². The first kappa shape index (κ1) is 13.1. The van der Waals surface area contributed by atoms with Gasteiger partial charge in [-0.2, -0.15) is 0 Å². The van der Waals surface area contributed by atoms with Crippen molar-refractivity contribution in [2.75, 3.05) is 7.11 Å². The zero-order valence-corrected chi connectivity index (χ0v) is 10.2. The van der Waals surface area contributed by atoms with Crippen molar-refractivity contribution in [3.63, 3.8) is 0 Å². The van der Waals surface area contributed by atoms with Gasteiger partial charge < -0.3 is 9.47 Å². The fourth-order valence-corrected chi connectivity index (χ4v) is 1.40. The molecule has 0 N–H and O–H groups in total. The topological polar surface area (TPSA) is 78.4 Å². The van der Waals surface area contributed by atoms with E-state index in [9.17, 15) is 9.59 Å². The second-order valence-corrected chi connectivity index (χ2v) is 3.88. The average Bonchev–Trinajstić information content (AvgIpc) is 2.27. The van der Waals surface area contributed by atoms with Crippen LogP contribution in [0, 0.1) is 6.92 Å². The summed E-state index contributed by atoms with van der Waals surface area (Å²) in [6.07, 6.45) is 3.03. The number of methoxy groups -OCH3 is 1. The lowest BCUT2D eigenvalue weighted by Gasteiger charge is -2.24. The minimum absolute atomic E-state index is 0.497.